The number of carbonyl (C=O) groups excluding carboxylic acids is 2. The topological polar surface area (TPSA) is 145 Å². The number of phenols is 2. The van der Waals surface area contributed by atoms with E-state index in [0.29, 0.717) is 11.5 Å². The van der Waals surface area contributed by atoms with Crippen LogP contribution in [-0.2, 0) is 50.0 Å². The van der Waals surface area contributed by atoms with Crippen LogP contribution in [0.1, 0.15) is 141 Å². The first-order valence-electron chi connectivity index (χ1n) is 16.4. The Morgan fingerprint density at radius 3 is 1.21 bits per heavy atom. The van der Waals surface area contributed by atoms with E-state index < -0.39 is 11.9 Å². The Balaban J connectivity index is 0.00000211. The molecule has 2 N–H and O–H groups in total. The molecule has 0 atom stereocenters. The van der Waals surface area contributed by atoms with E-state index in [2.05, 4.69) is 79.7 Å². The Kier molecular flexibility index (Phi) is 18.9. The van der Waals surface area contributed by atoms with Crippen molar-refractivity contribution in [2.24, 2.45) is 9.98 Å². The number of hydrogen-bond donors (Lipinski definition) is 2. The molecule has 1 aliphatic carbocycles. The molecule has 0 saturated heterocycles. The molecule has 1 radical (unpaired) electrons. The van der Waals surface area contributed by atoms with Crippen molar-refractivity contribution in [3.63, 3.8) is 0 Å². The van der Waals surface area contributed by atoms with Crippen LogP contribution in [0.5, 0.6) is 11.5 Å². The van der Waals surface area contributed by atoms with E-state index in [1.54, 1.807) is 0 Å². The van der Waals surface area contributed by atoms with Crippen molar-refractivity contribution in [2.45, 2.75) is 144 Å². The summed E-state index contributed by atoms with van der Waals surface area (Å²) in [6.45, 7) is 19.2. The molecule has 1 saturated carbocycles. The van der Waals surface area contributed by atoms with Gasteiger partial charge in [0.1, 0.15) is 11.5 Å². The number of nitrogens with zero attached hydrogens (tertiary/aromatic N) is 2. The molecule has 9 heteroatoms. The van der Waals surface area contributed by atoms with Crippen LogP contribution in [0.3, 0.4) is 0 Å². The van der Waals surface area contributed by atoms with Crippen LogP contribution < -0.4 is 10.2 Å². The zero-order valence-electron chi connectivity index (χ0n) is 30.0. The Hall–Kier alpha value is -3.17. The number of carbonyl (C=O) groups is 2. The Morgan fingerprint density at radius 2 is 0.979 bits per heavy atom. The Morgan fingerprint density at radius 1 is 0.702 bits per heavy atom. The maximum absolute atomic E-state index is 11.0. The van der Waals surface area contributed by atoms with Gasteiger partial charge in [-0.2, -0.15) is 0 Å². The number of aromatic hydroxyl groups is 2. The predicted molar refractivity (Wildman–Crippen MR) is 184 cm³/mol. The molecule has 0 unspecified atom stereocenters. The van der Waals surface area contributed by atoms with Crippen molar-refractivity contribution in [3.8, 4) is 11.5 Å². The second kappa shape index (κ2) is 20.3. The van der Waals surface area contributed by atoms with Crippen LogP contribution in [-0.4, -0.2) is 46.7 Å². The second-order valence-corrected chi connectivity index (χ2v) is 14.2. The van der Waals surface area contributed by atoms with Crippen molar-refractivity contribution in [1.29, 1.82) is 0 Å². The molecule has 47 heavy (non-hydrogen) atoms. The largest absolute Gasteiger partial charge is 2.00 e. The summed E-state index contributed by atoms with van der Waals surface area (Å²) in [5, 5.41) is 39.7. The van der Waals surface area contributed by atoms with Crippen molar-refractivity contribution >= 4 is 24.4 Å². The van der Waals surface area contributed by atoms with Gasteiger partial charge < -0.3 is 30.0 Å². The number of benzene rings is 2. The molecule has 263 valence electrons. The third-order valence-corrected chi connectivity index (χ3v) is 7.61. The van der Waals surface area contributed by atoms with Crippen LogP contribution in [0.15, 0.2) is 34.3 Å². The molecule has 2 aromatic rings. The molecule has 8 nitrogen and oxygen atoms in total. The van der Waals surface area contributed by atoms with Gasteiger partial charge in [0.15, 0.2) is 0 Å². The van der Waals surface area contributed by atoms with Crippen molar-refractivity contribution < 1.29 is 46.8 Å². The fourth-order valence-electron chi connectivity index (χ4n) is 5.37. The first kappa shape index (κ1) is 43.8. The second-order valence-electron chi connectivity index (χ2n) is 14.2. The molecule has 1 fully saturated rings. The number of rotatable bonds is 8. The van der Waals surface area contributed by atoms with Gasteiger partial charge in [-0.05, 0) is 86.5 Å². The smallest absolute Gasteiger partial charge is 0.550 e. The summed E-state index contributed by atoms with van der Waals surface area (Å²) < 4.78 is 0. The molecule has 0 aromatic heterocycles. The molecule has 1 aliphatic rings. The van der Waals surface area contributed by atoms with Gasteiger partial charge in [0.05, 0.1) is 12.1 Å². The monoisotopic (exact) mass is 695 g/mol. The predicted octanol–water partition coefficient (Wildman–Crippen LogP) is 5.96. The maximum Gasteiger partial charge on any atom is 2.00 e. The van der Waals surface area contributed by atoms with Crippen molar-refractivity contribution in [2.75, 3.05) is 0 Å². The summed E-state index contributed by atoms with van der Waals surface area (Å²) in [6, 6.07) is 9.00. The summed E-state index contributed by atoms with van der Waals surface area (Å²) in [5.74, 6) is -1.45. The fourth-order valence-corrected chi connectivity index (χ4v) is 5.37. The summed E-state index contributed by atoms with van der Waals surface area (Å²) >= 11 is 0. The molecule has 0 amide bonds. The van der Waals surface area contributed by atoms with E-state index in [9.17, 15) is 10.2 Å². The third-order valence-electron chi connectivity index (χ3n) is 7.61. The van der Waals surface area contributed by atoms with Crippen LogP contribution in [0.2, 0.25) is 0 Å². The Bertz CT molecular complexity index is 1240. The van der Waals surface area contributed by atoms with Crippen molar-refractivity contribution in [3.05, 3.63) is 57.6 Å². The standard InChI is InChI=1S/C34H50N2O2.2C2H4O2.Co/c1-9-11-23-17-25(31(37)29(19-23)33(3,4)5)21-35-27-13-15-28(16-14-27)36-22-26-18-24(12-10-2)20-30(32(26)38)34(6,7)8;2*1-2(3)4;/h17-22,27-28,37-38H,9-16H2,1-8H3;2*1H3,(H,3,4);/q;;;+2/p-2. The normalized spacial score (nSPS) is 16.5. The minimum Gasteiger partial charge on any atom is -0.550 e. The zero-order valence-corrected chi connectivity index (χ0v) is 31.1. The van der Waals surface area contributed by atoms with E-state index in [1.165, 1.54) is 11.1 Å². The van der Waals surface area contributed by atoms with E-state index in [0.717, 1.165) is 87.5 Å². The molecule has 0 spiro atoms. The average molecular weight is 696 g/mol. The number of aliphatic carboxylic acids is 2. The molecular formula is C38H56CoN2O6. The maximum atomic E-state index is 11.0. The quantitative estimate of drug-likeness (QED) is 0.326. The molecule has 0 bridgehead atoms. The summed E-state index contributed by atoms with van der Waals surface area (Å²) in [7, 11) is 0. The number of phenolic OH excluding ortho intramolecular Hbond substituents is 2. The summed E-state index contributed by atoms with van der Waals surface area (Å²) in [4.78, 5) is 27.6. The van der Waals surface area contributed by atoms with Gasteiger partial charge in [0.2, 0.25) is 0 Å². The van der Waals surface area contributed by atoms with Gasteiger partial charge in [-0.1, -0.05) is 80.4 Å². The summed E-state index contributed by atoms with van der Waals surface area (Å²) in [5.41, 5.74) is 5.92. The molecule has 0 heterocycles. The number of aliphatic imine (C=N–C) groups is 2. The number of aryl methyl sites for hydroxylation is 2. The van der Waals surface area contributed by atoms with Crippen LogP contribution >= 0.6 is 0 Å². The van der Waals surface area contributed by atoms with Crippen LogP contribution in [0, 0.1) is 0 Å². The van der Waals surface area contributed by atoms with Crippen LogP contribution in [0.25, 0.3) is 0 Å². The van der Waals surface area contributed by atoms with Gasteiger partial charge in [-0.15, -0.1) is 0 Å². The minimum atomic E-state index is -1.08. The minimum absolute atomic E-state index is 0. The summed E-state index contributed by atoms with van der Waals surface area (Å²) in [6.07, 6.45) is 11.9. The average Bonchev–Trinajstić information content (AvgIpc) is 2.92. The van der Waals surface area contributed by atoms with E-state index in [1.807, 2.05) is 12.4 Å². The number of carboxylic acids is 2. The van der Waals surface area contributed by atoms with Gasteiger partial charge >= 0.3 is 16.8 Å². The number of hydrogen-bond acceptors (Lipinski definition) is 8. The third kappa shape index (κ3) is 16.0. The van der Waals surface area contributed by atoms with E-state index in [-0.39, 0.29) is 39.7 Å². The van der Waals surface area contributed by atoms with Crippen LogP contribution in [0.4, 0.5) is 0 Å². The molecule has 3 rings (SSSR count). The molecule has 0 aliphatic heterocycles. The first-order valence-corrected chi connectivity index (χ1v) is 16.4. The first-order chi connectivity index (χ1) is 21.3. The molecule has 2 aromatic carbocycles. The van der Waals surface area contributed by atoms with Gasteiger partial charge in [-0.25, -0.2) is 0 Å². The SMILES string of the molecule is CC(=O)[O-].CC(=O)[O-].CCCc1cc(C=NC2CCC(N=Cc3cc(CCC)cc(C(C)(C)C)c3O)CC2)c(O)c(C(C)(C)C)c1.[Co+2]. The molecular weight excluding hydrogens is 639 g/mol. The Labute approximate surface area is 293 Å². The van der Waals surface area contributed by atoms with Gasteiger partial charge in [0, 0.05) is 46.6 Å². The van der Waals surface area contributed by atoms with E-state index in [4.69, 9.17) is 29.8 Å². The zero-order chi connectivity index (χ0) is 35.2. The van der Waals surface area contributed by atoms with Gasteiger partial charge in [-0.3, -0.25) is 9.98 Å². The fraction of sp³-hybridized carbons (Fsp3) is 0.579. The number of carboxylic acid groups (broad SMARTS) is 2. The van der Waals surface area contributed by atoms with Gasteiger partial charge in [0.25, 0.3) is 0 Å². The van der Waals surface area contributed by atoms with Crippen molar-refractivity contribution in [1.82, 2.24) is 0 Å². The van der Waals surface area contributed by atoms with E-state index >= 15 is 0 Å².